The van der Waals surface area contributed by atoms with E-state index in [0.29, 0.717) is 18.2 Å². The van der Waals surface area contributed by atoms with Crippen LogP contribution in [0.15, 0.2) is 6.07 Å². The Morgan fingerprint density at radius 3 is 2.80 bits per heavy atom. The van der Waals surface area contributed by atoms with Crippen LogP contribution in [0, 0.1) is 5.92 Å². The van der Waals surface area contributed by atoms with Crippen molar-refractivity contribution in [1.29, 1.82) is 0 Å². The Hall–Kier alpha value is -1.16. The predicted octanol–water partition coefficient (Wildman–Crippen LogP) is 2.42. The molecule has 1 atom stereocenters. The third kappa shape index (κ3) is 3.47. The molecule has 1 unspecified atom stereocenters. The van der Waals surface area contributed by atoms with Gasteiger partial charge in [-0.25, -0.2) is 14.8 Å². The van der Waals surface area contributed by atoms with Gasteiger partial charge in [-0.05, 0) is 5.92 Å². The molecule has 0 aliphatic carbocycles. The maximum absolute atomic E-state index is 10.7. The molecule has 0 bridgehead atoms. The quantitative estimate of drug-likeness (QED) is 0.804. The molecule has 0 aromatic carbocycles. The van der Waals surface area contributed by atoms with Crippen LogP contribution in [0.5, 0.6) is 0 Å². The Morgan fingerprint density at radius 1 is 1.60 bits per heavy atom. The molecule has 0 aliphatic rings. The lowest BCUT2D eigenvalue weighted by Crippen LogP contribution is -2.08. The van der Waals surface area contributed by atoms with Crippen molar-refractivity contribution in [1.82, 2.24) is 9.97 Å². The van der Waals surface area contributed by atoms with Gasteiger partial charge in [-0.15, -0.1) is 0 Å². The summed E-state index contributed by atoms with van der Waals surface area (Å²) in [7, 11) is 0. The van der Waals surface area contributed by atoms with Gasteiger partial charge in [0, 0.05) is 12.5 Å². The van der Waals surface area contributed by atoms with E-state index in [1.165, 1.54) is 6.07 Å². The second kappa shape index (κ2) is 5.07. The number of hydrogen-bond donors (Lipinski definition) is 1. The summed E-state index contributed by atoms with van der Waals surface area (Å²) < 4.78 is 0. The number of carboxylic acids is 1. The molecule has 4 nitrogen and oxygen atoms in total. The van der Waals surface area contributed by atoms with E-state index in [1.54, 1.807) is 0 Å². The molecule has 0 saturated heterocycles. The van der Waals surface area contributed by atoms with Crippen molar-refractivity contribution in [3.8, 4) is 0 Å². The van der Waals surface area contributed by atoms with Crippen molar-refractivity contribution < 1.29 is 9.90 Å². The number of nitrogens with zero attached hydrogens (tertiary/aromatic N) is 2. The topological polar surface area (TPSA) is 63.1 Å². The Morgan fingerprint density at radius 2 is 2.27 bits per heavy atom. The number of aromatic carboxylic acids is 1. The van der Waals surface area contributed by atoms with Gasteiger partial charge in [-0.3, -0.25) is 0 Å². The van der Waals surface area contributed by atoms with Crippen LogP contribution in [-0.4, -0.2) is 21.0 Å². The highest BCUT2D eigenvalue weighted by Gasteiger charge is 2.11. The van der Waals surface area contributed by atoms with E-state index in [9.17, 15) is 4.79 Å². The minimum atomic E-state index is -1.08. The first-order valence-corrected chi connectivity index (χ1v) is 5.17. The van der Waals surface area contributed by atoms with Crippen LogP contribution < -0.4 is 0 Å². The molecule has 5 heteroatoms. The molecule has 1 rings (SSSR count). The molecule has 0 spiro atoms. The smallest absolute Gasteiger partial charge is 0.354 e. The second-order valence-electron chi connectivity index (χ2n) is 3.51. The molecule has 0 saturated carbocycles. The summed E-state index contributed by atoms with van der Waals surface area (Å²) in [4.78, 5) is 18.6. The third-order valence-electron chi connectivity index (χ3n) is 2.19. The van der Waals surface area contributed by atoms with Crippen LogP contribution in [0.25, 0.3) is 0 Å². The zero-order valence-corrected chi connectivity index (χ0v) is 9.45. The third-order valence-corrected chi connectivity index (χ3v) is 2.38. The normalized spacial score (nSPS) is 12.5. The number of rotatable bonds is 4. The number of carbonyl (C=O) groups is 1. The zero-order valence-electron chi connectivity index (χ0n) is 8.70. The average Bonchev–Trinajstić information content (AvgIpc) is 2.16. The minimum absolute atomic E-state index is 0.0479. The fourth-order valence-electron chi connectivity index (χ4n) is 1.12. The van der Waals surface area contributed by atoms with Crippen LogP contribution in [-0.2, 0) is 6.42 Å². The van der Waals surface area contributed by atoms with Crippen LogP contribution in [0.2, 0.25) is 5.15 Å². The highest BCUT2D eigenvalue weighted by molar-refractivity contribution is 6.29. The van der Waals surface area contributed by atoms with Gasteiger partial charge in [-0.2, -0.15) is 0 Å². The van der Waals surface area contributed by atoms with Crippen molar-refractivity contribution >= 4 is 17.6 Å². The summed E-state index contributed by atoms with van der Waals surface area (Å²) in [6.07, 6.45) is 1.65. The van der Waals surface area contributed by atoms with Gasteiger partial charge in [0.1, 0.15) is 11.0 Å². The number of halogens is 1. The van der Waals surface area contributed by atoms with Gasteiger partial charge < -0.3 is 5.11 Å². The molecule has 1 aromatic heterocycles. The number of hydrogen-bond acceptors (Lipinski definition) is 3. The molecule has 15 heavy (non-hydrogen) atoms. The maximum atomic E-state index is 10.7. The van der Waals surface area contributed by atoms with E-state index in [4.69, 9.17) is 16.7 Å². The van der Waals surface area contributed by atoms with E-state index in [1.807, 2.05) is 0 Å². The van der Waals surface area contributed by atoms with Crippen molar-refractivity contribution in [2.24, 2.45) is 5.92 Å². The Kier molecular flexibility index (Phi) is 4.03. The van der Waals surface area contributed by atoms with Gasteiger partial charge in [0.15, 0.2) is 5.69 Å². The van der Waals surface area contributed by atoms with Crippen molar-refractivity contribution in [3.63, 3.8) is 0 Å². The fraction of sp³-hybridized carbons (Fsp3) is 0.500. The molecule has 1 N–H and O–H groups in total. The average molecular weight is 229 g/mol. The van der Waals surface area contributed by atoms with E-state index >= 15 is 0 Å². The molecule has 0 radical (unpaired) electrons. The summed E-state index contributed by atoms with van der Waals surface area (Å²) in [6, 6.07) is 1.25. The lowest BCUT2D eigenvalue weighted by atomic mass is 10.1. The van der Waals surface area contributed by atoms with E-state index in [2.05, 4.69) is 23.8 Å². The van der Waals surface area contributed by atoms with Gasteiger partial charge in [0.25, 0.3) is 0 Å². The summed E-state index contributed by atoms with van der Waals surface area (Å²) in [5.41, 5.74) is -0.0479. The molecular weight excluding hydrogens is 216 g/mol. The first-order chi connectivity index (χ1) is 7.02. The monoisotopic (exact) mass is 228 g/mol. The predicted molar refractivity (Wildman–Crippen MR) is 57.2 cm³/mol. The second-order valence-corrected chi connectivity index (χ2v) is 3.90. The largest absolute Gasteiger partial charge is 0.477 e. The Bertz CT molecular complexity index is 368. The highest BCUT2D eigenvalue weighted by Crippen LogP contribution is 2.12. The molecule has 0 fully saturated rings. The van der Waals surface area contributed by atoms with Gasteiger partial charge >= 0.3 is 5.97 Å². The lowest BCUT2D eigenvalue weighted by molar-refractivity contribution is 0.0689. The number of carboxylic acid groups (broad SMARTS) is 1. The molecule has 0 amide bonds. The molecular formula is C10H13ClN2O2. The summed E-state index contributed by atoms with van der Waals surface area (Å²) >= 11 is 5.71. The van der Waals surface area contributed by atoms with Crippen LogP contribution in [0.1, 0.15) is 36.6 Å². The zero-order chi connectivity index (χ0) is 11.4. The molecule has 1 heterocycles. The van der Waals surface area contributed by atoms with Crippen molar-refractivity contribution in [2.45, 2.75) is 26.7 Å². The molecule has 0 aliphatic heterocycles. The van der Waals surface area contributed by atoms with Crippen molar-refractivity contribution in [3.05, 3.63) is 22.7 Å². The van der Waals surface area contributed by atoms with Crippen molar-refractivity contribution in [2.75, 3.05) is 0 Å². The Balaban J connectivity index is 2.93. The van der Waals surface area contributed by atoms with Gasteiger partial charge in [0.2, 0.25) is 0 Å². The molecule has 82 valence electrons. The van der Waals surface area contributed by atoms with E-state index < -0.39 is 5.97 Å². The maximum Gasteiger partial charge on any atom is 0.354 e. The summed E-state index contributed by atoms with van der Waals surface area (Å²) in [5.74, 6) is -0.163. The minimum Gasteiger partial charge on any atom is -0.477 e. The van der Waals surface area contributed by atoms with Crippen LogP contribution in [0.3, 0.4) is 0 Å². The van der Waals surface area contributed by atoms with E-state index in [-0.39, 0.29) is 10.8 Å². The SMILES string of the molecule is CCC(C)Cc1nc(Cl)cc(C(=O)O)n1. The Labute approximate surface area is 93.3 Å². The summed E-state index contributed by atoms with van der Waals surface area (Å²) in [5, 5.41) is 8.96. The van der Waals surface area contributed by atoms with E-state index in [0.717, 1.165) is 6.42 Å². The molecule has 1 aromatic rings. The van der Waals surface area contributed by atoms with Crippen LogP contribution >= 0.6 is 11.6 Å². The highest BCUT2D eigenvalue weighted by atomic mass is 35.5. The fourth-order valence-corrected chi connectivity index (χ4v) is 1.32. The summed E-state index contributed by atoms with van der Waals surface area (Å²) in [6.45, 7) is 4.12. The first-order valence-electron chi connectivity index (χ1n) is 4.79. The van der Waals surface area contributed by atoms with Crippen LogP contribution in [0.4, 0.5) is 0 Å². The standard InChI is InChI=1S/C10H13ClN2O2/c1-3-6(2)4-9-12-7(10(14)15)5-8(11)13-9/h5-6H,3-4H2,1-2H3,(H,14,15). The van der Waals surface area contributed by atoms with Gasteiger partial charge in [-0.1, -0.05) is 31.9 Å². The number of aromatic nitrogens is 2. The lowest BCUT2D eigenvalue weighted by Gasteiger charge is -2.07. The first kappa shape index (κ1) is 11.9. The van der Waals surface area contributed by atoms with Gasteiger partial charge in [0.05, 0.1) is 0 Å².